The summed E-state index contributed by atoms with van der Waals surface area (Å²) in [7, 11) is 0. The highest BCUT2D eigenvalue weighted by Gasteiger charge is 1.94. The lowest BCUT2D eigenvalue weighted by molar-refractivity contribution is 1.20. The van der Waals surface area contributed by atoms with Crippen LogP contribution in [0.1, 0.15) is 12.5 Å². The molecule has 1 nitrogen and oxygen atoms in total. The number of nitrogen functional groups attached to an aromatic ring is 1. The van der Waals surface area contributed by atoms with Gasteiger partial charge in [0, 0.05) is 5.69 Å². The van der Waals surface area contributed by atoms with Crippen LogP contribution in [0.4, 0.5) is 5.69 Å². The first-order chi connectivity index (χ1) is 7.26. The zero-order valence-corrected chi connectivity index (χ0v) is 9.11. The van der Waals surface area contributed by atoms with Crippen LogP contribution in [0, 0.1) is 0 Å². The van der Waals surface area contributed by atoms with Gasteiger partial charge >= 0.3 is 0 Å². The van der Waals surface area contributed by atoms with Gasteiger partial charge < -0.3 is 5.73 Å². The van der Waals surface area contributed by atoms with E-state index in [4.69, 9.17) is 5.73 Å². The Kier molecular flexibility index (Phi) is 4.42. The minimum Gasteiger partial charge on any atom is -0.399 e. The molecular formula is C14H17N. The van der Waals surface area contributed by atoms with Crippen LogP contribution in [0.25, 0.3) is 0 Å². The summed E-state index contributed by atoms with van der Waals surface area (Å²) in [6.45, 7) is 5.80. The molecule has 0 unspecified atom stereocenters. The van der Waals surface area contributed by atoms with Crippen molar-refractivity contribution >= 4 is 5.69 Å². The molecule has 78 valence electrons. The Bertz CT molecular complexity index is 369. The molecule has 0 amide bonds. The molecule has 0 heterocycles. The molecule has 0 aliphatic rings. The van der Waals surface area contributed by atoms with E-state index in [0.29, 0.717) is 0 Å². The van der Waals surface area contributed by atoms with Crippen molar-refractivity contribution < 1.29 is 0 Å². The summed E-state index contributed by atoms with van der Waals surface area (Å²) < 4.78 is 0. The Morgan fingerprint density at radius 3 is 2.53 bits per heavy atom. The van der Waals surface area contributed by atoms with Crippen LogP contribution in [0.2, 0.25) is 0 Å². The van der Waals surface area contributed by atoms with Gasteiger partial charge in [-0.3, -0.25) is 0 Å². The van der Waals surface area contributed by atoms with Crippen LogP contribution >= 0.6 is 0 Å². The van der Waals surface area contributed by atoms with E-state index in [0.717, 1.165) is 12.1 Å². The lowest BCUT2D eigenvalue weighted by Crippen LogP contribution is -1.89. The lowest BCUT2D eigenvalue weighted by Gasteiger charge is -2.02. The largest absolute Gasteiger partial charge is 0.399 e. The maximum atomic E-state index is 5.62. The smallest absolute Gasteiger partial charge is 0.0314 e. The van der Waals surface area contributed by atoms with E-state index in [1.54, 1.807) is 0 Å². The molecule has 0 atom stereocenters. The maximum Gasteiger partial charge on any atom is 0.0314 e. The molecule has 0 saturated carbocycles. The average molecular weight is 199 g/mol. The predicted octanol–water partition coefficient (Wildman–Crippen LogP) is 3.50. The number of anilines is 1. The summed E-state index contributed by atoms with van der Waals surface area (Å²) in [6.07, 6.45) is 8.88. The minimum absolute atomic E-state index is 0.802. The van der Waals surface area contributed by atoms with Gasteiger partial charge in [-0.1, -0.05) is 43.0 Å². The number of rotatable bonds is 4. The Hall–Kier alpha value is -1.76. The first-order valence-corrected chi connectivity index (χ1v) is 5.05. The van der Waals surface area contributed by atoms with Crippen molar-refractivity contribution in [1.82, 2.24) is 0 Å². The van der Waals surface area contributed by atoms with Gasteiger partial charge in [0.25, 0.3) is 0 Å². The van der Waals surface area contributed by atoms with Gasteiger partial charge in [-0.15, -0.1) is 0 Å². The van der Waals surface area contributed by atoms with E-state index in [9.17, 15) is 0 Å². The highest BCUT2D eigenvalue weighted by atomic mass is 14.5. The molecule has 2 N–H and O–H groups in total. The number of benzene rings is 1. The Labute approximate surface area is 91.6 Å². The van der Waals surface area contributed by atoms with Crippen molar-refractivity contribution in [2.45, 2.75) is 13.3 Å². The molecule has 0 saturated heterocycles. The molecule has 15 heavy (non-hydrogen) atoms. The molecular weight excluding hydrogens is 182 g/mol. The normalized spacial score (nSPS) is 11.9. The van der Waals surface area contributed by atoms with Crippen molar-refractivity contribution in [3.05, 3.63) is 66.3 Å². The van der Waals surface area contributed by atoms with E-state index in [1.165, 1.54) is 11.1 Å². The van der Waals surface area contributed by atoms with Crippen LogP contribution in [0.15, 0.2) is 60.7 Å². The highest BCUT2D eigenvalue weighted by molar-refractivity contribution is 5.41. The van der Waals surface area contributed by atoms with E-state index < -0.39 is 0 Å². The first kappa shape index (κ1) is 11.3. The van der Waals surface area contributed by atoms with Crippen molar-refractivity contribution in [2.75, 3.05) is 5.73 Å². The summed E-state index contributed by atoms with van der Waals surface area (Å²) in [5.41, 5.74) is 8.88. The molecule has 0 aromatic heterocycles. The van der Waals surface area contributed by atoms with Crippen molar-refractivity contribution in [2.24, 2.45) is 0 Å². The molecule has 1 heteroatoms. The number of hydrogen-bond acceptors (Lipinski definition) is 1. The fraction of sp³-hybridized carbons (Fsp3) is 0.143. The van der Waals surface area contributed by atoms with Crippen LogP contribution in [-0.4, -0.2) is 0 Å². The van der Waals surface area contributed by atoms with Gasteiger partial charge in [0.15, 0.2) is 0 Å². The molecule has 0 aliphatic heterocycles. The zero-order chi connectivity index (χ0) is 11.1. The van der Waals surface area contributed by atoms with Crippen LogP contribution in [0.5, 0.6) is 0 Å². The second-order valence-electron chi connectivity index (χ2n) is 3.39. The zero-order valence-electron chi connectivity index (χ0n) is 9.11. The molecule has 1 rings (SSSR count). The highest BCUT2D eigenvalue weighted by Crippen LogP contribution is 2.11. The minimum atomic E-state index is 0.802. The van der Waals surface area contributed by atoms with Crippen molar-refractivity contribution in [1.29, 1.82) is 0 Å². The molecule has 1 aromatic rings. The summed E-state index contributed by atoms with van der Waals surface area (Å²) in [6, 6.07) is 7.93. The quantitative estimate of drug-likeness (QED) is 0.583. The van der Waals surface area contributed by atoms with Gasteiger partial charge in [-0.2, -0.15) is 0 Å². The summed E-state index contributed by atoms with van der Waals surface area (Å²) >= 11 is 0. The maximum absolute atomic E-state index is 5.62. The van der Waals surface area contributed by atoms with Gasteiger partial charge in [0.2, 0.25) is 0 Å². The van der Waals surface area contributed by atoms with Gasteiger partial charge in [0.1, 0.15) is 0 Å². The Morgan fingerprint density at radius 1 is 1.33 bits per heavy atom. The number of allylic oxidation sites excluding steroid dienone is 5. The molecule has 0 bridgehead atoms. The third-order valence-corrected chi connectivity index (χ3v) is 2.15. The fourth-order valence-electron chi connectivity index (χ4n) is 1.29. The monoisotopic (exact) mass is 199 g/mol. The average Bonchev–Trinajstić information content (AvgIpc) is 2.27. The predicted molar refractivity (Wildman–Crippen MR) is 67.7 cm³/mol. The van der Waals surface area contributed by atoms with Gasteiger partial charge in [-0.25, -0.2) is 0 Å². The standard InChI is InChI=1S/C14H17N/c1-3-5-6-12(4-2)11-13-7-9-14(15)10-8-13/h3-10H,2,11,15H2,1H3/b5-3-,12-6+. The van der Waals surface area contributed by atoms with E-state index in [1.807, 2.05) is 49.4 Å². The van der Waals surface area contributed by atoms with Gasteiger partial charge in [0.05, 0.1) is 0 Å². The van der Waals surface area contributed by atoms with Crippen LogP contribution in [0.3, 0.4) is 0 Å². The Balaban J connectivity index is 2.75. The summed E-state index contributed by atoms with van der Waals surface area (Å²) in [5, 5.41) is 0. The molecule has 1 aromatic carbocycles. The van der Waals surface area contributed by atoms with Crippen molar-refractivity contribution in [3.8, 4) is 0 Å². The second-order valence-corrected chi connectivity index (χ2v) is 3.39. The second kappa shape index (κ2) is 5.86. The van der Waals surface area contributed by atoms with Crippen LogP contribution in [-0.2, 0) is 6.42 Å². The van der Waals surface area contributed by atoms with E-state index in [2.05, 4.69) is 12.7 Å². The van der Waals surface area contributed by atoms with Gasteiger partial charge in [-0.05, 0) is 36.6 Å². The third-order valence-electron chi connectivity index (χ3n) is 2.15. The third kappa shape index (κ3) is 3.86. The molecule has 0 fully saturated rings. The molecule has 0 spiro atoms. The molecule has 0 aliphatic carbocycles. The topological polar surface area (TPSA) is 26.0 Å². The number of hydrogen-bond donors (Lipinski definition) is 1. The van der Waals surface area contributed by atoms with E-state index >= 15 is 0 Å². The fourth-order valence-corrected chi connectivity index (χ4v) is 1.29. The Morgan fingerprint density at radius 2 is 2.00 bits per heavy atom. The summed E-state index contributed by atoms with van der Waals surface area (Å²) in [4.78, 5) is 0. The van der Waals surface area contributed by atoms with E-state index in [-0.39, 0.29) is 0 Å². The first-order valence-electron chi connectivity index (χ1n) is 5.05. The lowest BCUT2D eigenvalue weighted by atomic mass is 10.0. The van der Waals surface area contributed by atoms with Crippen molar-refractivity contribution in [3.63, 3.8) is 0 Å². The van der Waals surface area contributed by atoms with Crippen LogP contribution < -0.4 is 5.73 Å². The summed E-state index contributed by atoms with van der Waals surface area (Å²) in [5.74, 6) is 0. The molecule has 0 radical (unpaired) electrons. The SMILES string of the molecule is C=C/C(=C\C=C/C)Cc1ccc(N)cc1. The number of nitrogens with two attached hydrogens (primary N) is 1.